The zero-order valence-corrected chi connectivity index (χ0v) is 13.7. The van der Waals surface area contributed by atoms with Gasteiger partial charge in [0.15, 0.2) is 0 Å². The van der Waals surface area contributed by atoms with Crippen molar-refractivity contribution in [2.45, 2.75) is 6.92 Å². The monoisotopic (exact) mass is 331 g/mol. The van der Waals surface area contributed by atoms with Gasteiger partial charge in [-0.15, -0.1) is 0 Å². The van der Waals surface area contributed by atoms with Crippen molar-refractivity contribution in [3.8, 4) is 0 Å². The van der Waals surface area contributed by atoms with Crippen LogP contribution in [0.1, 0.15) is 11.1 Å². The summed E-state index contributed by atoms with van der Waals surface area (Å²) in [7, 11) is 0. The number of nitrogens with zero attached hydrogens (tertiary/aromatic N) is 2. The van der Waals surface area contributed by atoms with Crippen LogP contribution in [0.4, 0.5) is 17.1 Å². The number of nitro benzene ring substituents is 1. The van der Waals surface area contributed by atoms with Crippen LogP contribution in [-0.4, -0.2) is 10.8 Å². The molecule has 0 aliphatic rings. The van der Waals surface area contributed by atoms with E-state index in [2.05, 4.69) is 5.32 Å². The van der Waals surface area contributed by atoms with Gasteiger partial charge in [-0.3, -0.25) is 10.1 Å². The fourth-order valence-corrected chi connectivity index (χ4v) is 2.37. The van der Waals surface area contributed by atoms with Crippen molar-refractivity contribution >= 4 is 22.9 Å². The quantitative estimate of drug-likeness (QED) is 0.313. The van der Waals surface area contributed by atoms with Crippen LogP contribution in [-0.2, 0) is 0 Å². The van der Waals surface area contributed by atoms with E-state index in [1.807, 2.05) is 61.5 Å². The van der Waals surface area contributed by atoms with Crippen LogP contribution < -0.4 is 5.32 Å². The molecule has 5 nitrogen and oxygen atoms in total. The summed E-state index contributed by atoms with van der Waals surface area (Å²) in [6.45, 7) is 2.01. The van der Waals surface area contributed by atoms with Crippen molar-refractivity contribution in [2.75, 3.05) is 5.32 Å². The summed E-state index contributed by atoms with van der Waals surface area (Å²) < 4.78 is 0. The Bertz CT molecular complexity index is 904. The number of aliphatic imine (C=N–C) groups is 1. The highest BCUT2D eigenvalue weighted by atomic mass is 16.6. The van der Waals surface area contributed by atoms with E-state index in [1.54, 1.807) is 12.1 Å². The molecule has 0 aliphatic heterocycles. The number of amidine groups is 1. The maximum atomic E-state index is 10.8. The normalized spacial score (nSPS) is 11.2. The minimum Gasteiger partial charge on any atom is -0.340 e. The van der Waals surface area contributed by atoms with E-state index in [0.29, 0.717) is 5.84 Å². The van der Waals surface area contributed by atoms with Gasteiger partial charge in [0.2, 0.25) is 0 Å². The highest BCUT2D eigenvalue weighted by molar-refractivity contribution is 6.09. The molecule has 0 radical (unpaired) electrons. The maximum absolute atomic E-state index is 10.8. The van der Waals surface area contributed by atoms with Gasteiger partial charge in [-0.1, -0.05) is 48.5 Å². The van der Waals surface area contributed by atoms with E-state index in [0.717, 1.165) is 22.5 Å². The van der Waals surface area contributed by atoms with E-state index in [9.17, 15) is 10.1 Å². The molecule has 0 unspecified atom stereocenters. The zero-order valence-electron chi connectivity index (χ0n) is 13.7. The third-order valence-corrected chi connectivity index (χ3v) is 3.74. The molecule has 0 atom stereocenters. The Labute approximate surface area is 145 Å². The first-order chi connectivity index (χ1) is 12.1. The first-order valence-corrected chi connectivity index (χ1v) is 7.85. The molecule has 1 N–H and O–H groups in total. The average Bonchev–Trinajstić information content (AvgIpc) is 2.64. The third kappa shape index (κ3) is 4.09. The largest absolute Gasteiger partial charge is 0.340 e. The van der Waals surface area contributed by atoms with Crippen LogP contribution in [0.15, 0.2) is 83.9 Å². The van der Waals surface area contributed by atoms with Crippen molar-refractivity contribution in [3.05, 3.63) is 100 Å². The van der Waals surface area contributed by atoms with E-state index >= 15 is 0 Å². The number of non-ortho nitro benzene ring substituents is 1. The standard InChI is InChI=1S/C20H17N3O2/c1-15-7-5-6-10-19(15)22-20(16-8-3-2-4-9-16)21-17-11-13-18(14-12-17)23(24)25/h2-14H,1H3,(H,21,22). The maximum Gasteiger partial charge on any atom is 0.269 e. The number of rotatable bonds is 4. The second kappa shape index (κ2) is 7.40. The Morgan fingerprint density at radius 1 is 0.920 bits per heavy atom. The van der Waals surface area contributed by atoms with E-state index in [1.165, 1.54) is 12.1 Å². The summed E-state index contributed by atoms with van der Waals surface area (Å²) in [5.74, 6) is 0.684. The molecule has 0 amide bonds. The van der Waals surface area contributed by atoms with Crippen molar-refractivity contribution in [1.82, 2.24) is 0 Å². The van der Waals surface area contributed by atoms with Crippen molar-refractivity contribution in [1.29, 1.82) is 0 Å². The molecule has 0 saturated heterocycles. The summed E-state index contributed by atoms with van der Waals surface area (Å²) in [6, 6.07) is 23.9. The summed E-state index contributed by atoms with van der Waals surface area (Å²) in [5.41, 5.74) is 3.67. The molecule has 3 aromatic rings. The van der Waals surface area contributed by atoms with Gasteiger partial charge >= 0.3 is 0 Å². The Kier molecular flexibility index (Phi) is 4.85. The molecule has 25 heavy (non-hydrogen) atoms. The minimum atomic E-state index is -0.413. The van der Waals surface area contributed by atoms with Crippen LogP contribution in [0.5, 0.6) is 0 Å². The lowest BCUT2D eigenvalue weighted by molar-refractivity contribution is -0.384. The first kappa shape index (κ1) is 16.4. The predicted octanol–water partition coefficient (Wildman–Crippen LogP) is 5.09. The summed E-state index contributed by atoms with van der Waals surface area (Å²) >= 11 is 0. The Hall–Kier alpha value is -3.47. The van der Waals surface area contributed by atoms with Gasteiger partial charge in [-0.2, -0.15) is 0 Å². The lowest BCUT2D eigenvalue weighted by Crippen LogP contribution is -2.13. The molecule has 124 valence electrons. The SMILES string of the molecule is Cc1ccccc1N=C(Nc1ccc([N+](=O)[O-])cc1)c1ccccc1. The predicted molar refractivity (Wildman–Crippen MR) is 101 cm³/mol. The molecule has 3 rings (SSSR count). The molecule has 0 bridgehead atoms. The van der Waals surface area contributed by atoms with Gasteiger partial charge < -0.3 is 5.32 Å². The second-order valence-corrected chi connectivity index (χ2v) is 5.54. The van der Waals surface area contributed by atoms with Crippen molar-refractivity contribution in [2.24, 2.45) is 4.99 Å². The van der Waals surface area contributed by atoms with Crippen LogP contribution in [0.25, 0.3) is 0 Å². The van der Waals surface area contributed by atoms with E-state index in [-0.39, 0.29) is 5.69 Å². The highest BCUT2D eigenvalue weighted by Gasteiger charge is 2.08. The smallest absolute Gasteiger partial charge is 0.269 e. The fraction of sp³-hybridized carbons (Fsp3) is 0.0500. The molecule has 3 aromatic carbocycles. The number of aryl methyl sites for hydroxylation is 1. The average molecular weight is 331 g/mol. The molecule has 0 spiro atoms. The van der Waals surface area contributed by atoms with Crippen LogP contribution >= 0.6 is 0 Å². The molecule has 0 aromatic heterocycles. The third-order valence-electron chi connectivity index (χ3n) is 3.74. The Morgan fingerprint density at radius 2 is 1.56 bits per heavy atom. The van der Waals surface area contributed by atoms with E-state index < -0.39 is 4.92 Å². The van der Waals surface area contributed by atoms with Gasteiger partial charge in [-0.05, 0) is 30.7 Å². The van der Waals surface area contributed by atoms with Crippen molar-refractivity contribution in [3.63, 3.8) is 0 Å². The number of benzene rings is 3. The van der Waals surface area contributed by atoms with Gasteiger partial charge in [0, 0.05) is 23.4 Å². The van der Waals surface area contributed by atoms with E-state index in [4.69, 9.17) is 4.99 Å². The van der Waals surface area contributed by atoms with Crippen LogP contribution in [0, 0.1) is 17.0 Å². The van der Waals surface area contributed by atoms with Crippen LogP contribution in [0.3, 0.4) is 0 Å². The minimum absolute atomic E-state index is 0.0580. The fourth-order valence-electron chi connectivity index (χ4n) is 2.37. The lowest BCUT2D eigenvalue weighted by atomic mass is 10.1. The van der Waals surface area contributed by atoms with Gasteiger partial charge in [-0.25, -0.2) is 4.99 Å². The van der Waals surface area contributed by atoms with Crippen molar-refractivity contribution < 1.29 is 4.92 Å². The number of hydrogen-bond donors (Lipinski definition) is 1. The Balaban J connectivity index is 1.97. The van der Waals surface area contributed by atoms with Crippen LogP contribution in [0.2, 0.25) is 0 Å². The first-order valence-electron chi connectivity index (χ1n) is 7.85. The molecular weight excluding hydrogens is 314 g/mol. The molecule has 5 heteroatoms. The summed E-state index contributed by atoms with van der Waals surface area (Å²) in [4.78, 5) is 15.1. The number of para-hydroxylation sites is 1. The number of anilines is 1. The van der Waals surface area contributed by atoms with Gasteiger partial charge in [0.05, 0.1) is 10.6 Å². The molecular formula is C20H17N3O2. The van der Waals surface area contributed by atoms with Gasteiger partial charge in [0.1, 0.15) is 5.84 Å². The van der Waals surface area contributed by atoms with Gasteiger partial charge in [0.25, 0.3) is 5.69 Å². The molecule has 0 saturated carbocycles. The molecule has 0 heterocycles. The Morgan fingerprint density at radius 3 is 2.20 bits per heavy atom. The zero-order chi connectivity index (χ0) is 17.6. The number of hydrogen-bond acceptors (Lipinski definition) is 3. The second-order valence-electron chi connectivity index (χ2n) is 5.54. The summed E-state index contributed by atoms with van der Waals surface area (Å²) in [6.07, 6.45) is 0. The molecule has 0 aliphatic carbocycles. The lowest BCUT2D eigenvalue weighted by Gasteiger charge is -2.11. The topological polar surface area (TPSA) is 67.5 Å². The highest BCUT2D eigenvalue weighted by Crippen LogP contribution is 2.21. The number of nitrogens with one attached hydrogen (secondary N) is 1. The molecule has 0 fully saturated rings. The summed E-state index contributed by atoms with van der Waals surface area (Å²) in [5, 5.41) is 14.1. The number of nitro groups is 1.